The monoisotopic (exact) mass is 360 g/mol. The average Bonchev–Trinajstić information content (AvgIpc) is 2.68. The number of hydrogen-bond donors (Lipinski definition) is 1. The maximum atomic E-state index is 13.0. The van der Waals surface area contributed by atoms with E-state index < -0.39 is 0 Å². The number of halogens is 1. The van der Waals surface area contributed by atoms with E-state index in [1.807, 2.05) is 6.92 Å². The summed E-state index contributed by atoms with van der Waals surface area (Å²) in [6.07, 6.45) is 7.31. The molecule has 0 unspecified atom stereocenters. The van der Waals surface area contributed by atoms with Gasteiger partial charge in [-0.2, -0.15) is 0 Å². The lowest BCUT2D eigenvalue weighted by molar-refractivity contribution is -0.118. The molecule has 0 aliphatic carbocycles. The smallest absolute Gasteiger partial charge is 0.244 e. The van der Waals surface area contributed by atoms with Gasteiger partial charge < -0.3 is 10.1 Å². The first-order valence-corrected chi connectivity index (χ1v) is 9.64. The second kappa shape index (κ2) is 8.78. The minimum absolute atomic E-state index is 0.0198. The van der Waals surface area contributed by atoms with E-state index in [9.17, 15) is 9.18 Å². The van der Waals surface area contributed by atoms with Crippen LogP contribution in [0.25, 0.3) is 5.57 Å². The van der Waals surface area contributed by atoms with Crippen molar-refractivity contribution in [1.82, 2.24) is 10.2 Å². The van der Waals surface area contributed by atoms with Crippen molar-refractivity contribution >= 4 is 11.5 Å². The molecule has 0 bridgehead atoms. The van der Waals surface area contributed by atoms with E-state index in [0.29, 0.717) is 6.54 Å². The molecule has 0 aromatic heterocycles. The first kappa shape index (κ1) is 19.1. The summed E-state index contributed by atoms with van der Waals surface area (Å²) in [7, 11) is 0. The van der Waals surface area contributed by atoms with Gasteiger partial charge in [-0.15, -0.1) is 0 Å². The molecular formula is C21H29FN2O2. The number of benzene rings is 1. The Morgan fingerprint density at radius 3 is 2.50 bits per heavy atom. The number of carbonyl (C=O) groups excluding carboxylic acids is 1. The molecule has 0 atom stereocenters. The second-order valence-electron chi connectivity index (χ2n) is 7.44. The molecule has 1 N–H and O–H groups in total. The Bertz CT molecular complexity index is 630. The molecule has 2 fully saturated rings. The van der Waals surface area contributed by atoms with E-state index in [2.05, 4.69) is 10.2 Å². The Labute approximate surface area is 155 Å². The quantitative estimate of drug-likeness (QED) is 0.819. The van der Waals surface area contributed by atoms with Crippen molar-refractivity contribution in [3.8, 4) is 0 Å². The predicted octanol–water partition coefficient (Wildman–Crippen LogP) is 3.38. The Kier molecular flexibility index (Phi) is 6.43. The highest BCUT2D eigenvalue weighted by atomic mass is 19.1. The molecule has 3 rings (SSSR count). The molecule has 2 saturated heterocycles. The molecular weight excluding hydrogens is 331 g/mol. The third kappa shape index (κ3) is 4.71. The fraction of sp³-hybridized carbons (Fsp3) is 0.571. The SMILES string of the molecule is C/C(=C/C(=O)NCC1(N2CCCCC2)CCOCC1)c1ccc(F)cc1. The first-order valence-electron chi connectivity index (χ1n) is 9.64. The zero-order valence-electron chi connectivity index (χ0n) is 15.6. The van der Waals surface area contributed by atoms with Gasteiger partial charge in [0.05, 0.1) is 0 Å². The van der Waals surface area contributed by atoms with E-state index in [-0.39, 0.29) is 17.3 Å². The molecule has 2 aliphatic heterocycles. The van der Waals surface area contributed by atoms with Crippen LogP contribution in [0, 0.1) is 5.82 Å². The molecule has 0 spiro atoms. The molecule has 1 aromatic rings. The molecule has 0 saturated carbocycles. The normalized spacial score (nSPS) is 21.4. The molecule has 4 nitrogen and oxygen atoms in total. The van der Waals surface area contributed by atoms with Crippen molar-refractivity contribution in [2.24, 2.45) is 0 Å². The zero-order valence-corrected chi connectivity index (χ0v) is 15.6. The number of carbonyl (C=O) groups is 1. The number of hydrogen-bond acceptors (Lipinski definition) is 3. The fourth-order valence-corrected chi connectivity index (χ4v) is 4.02. The van der Waals surface area contributed by atoms with Crippen LogP contribution in [0.5, 0.6) is 0 Å². The second-order valence-corrected chi connectivity index (χ2v) is 7.44. The van der Waals surface area contributed by atoms with Crippen LogP contribution in [0.2, 0.25) is 0 Å². The highest BCUT2D eigenvalue weighted by Gasteiger charge is 2.38. The van der Waals surface area contributed by atoms with Crippen LogP contribution in [0.4, 0.5) is 4.39 Å². The molecule has 5 heteroatoms. The van der Waals surface area contributed by atoms with Gasteiger partial charge in [0, 0.05) is 31.4 Å². The molecule has 2 aliphatic rings. The standard InChI is InChI=1S/C21H29FN2O2/c1-17(18-5-7-19(22)8-6-18)15-20(25)23-16-21(9-13-26-14-10-21)24-11-3-2-4-12-24/h5-8,15H,2-4,9-14,16H2,1H3,(H,23,25)/b17-15-. The van der Waals surface area contributed by atoms with Gasteiger partial charge in [0.25, 0.3) is 0 Å². The summed E-state index contributed by atoms with van der Waals surface area (Å²) >= 11 is 0. The molecule has 1 amide bonds. The molecule has 0 radical (unpaired) electrons. The summed E-state index contributed by atoms with van der Waals surface area (Å²) in [5.41, 5.74) is 1.71. The first-order chi connectivity index (χ1) is 12.6. The number of nitrogens with one attached hydrogen (secondary N) is 1. The van der Waals surface area contributed by atoms with E-state index in [1.165, 1.54) is 31.4 Å². The van der Waals surface area contributed by atoms with Crippen LogP contribution in [0.1, 0.15) is 44.6 Å². The maximum absolute atomic E-state index is 13.0. The number of rotatable bonds is 5. The van der Waals surface area contributed by atoms with E-state index in [0.717, 1.165) is 50.3 Å². The maximum Gasteiger partial charge on any atom is 0.244 e. The molecule has 1 aromatic carbocycles. The van der Waals surface area contributed by atoms with Crippen molar-refractivity contribution in [2.45, 2.75) is 44.6 Å². The van der Waals surface area contributed by atoms with Crippen molar-refractivity contribution in [1.29, 1.82) is 0 Å². The van der Waals surface area contributed by atoms with Gasteiger partial charge in [-0.3, -0.25) is 9.69 Å². The van der Waals surface area contributed by atoms with E-state index >= 15 is 0 Å². The van der Waals surface area contributed by atoms with Gasteiger partial charge >= 0.3 is 0 Å². The number of likely N-dealkylation sites (tertiary alicyclic amines) is 1. The summed E-state index contributed by atoms with van der Waals surface area (Å²) in [5.74, 6) is -0.358. The van der Waals surface area contributed by atoms with Gasteiger partial charge in [0.2, 0.25) is 5.91 Å². The topological polar surface area (TPSA) is 41.6 Å². The van der Waals surface area contributed by atoms with E-state index in [4.69, 9.17) is 4.74 Å². The van der Waals surface area contributed by atoms with Crippen LogP contribution in [0.15, 0.2) is 30.3 Å². The van der Waals surface area contributed by atoms with Gasteiger partial charge in [0.1, 0.15) is 5.82 Å². The van der Waals surface area contributed by atoms with Crippen LogP contribution < -0.4 is 5.32 Å². The Balaban J connectivity index is 1.63. The largest absolute Gasteiger partial charge is 0.381 e. The number of allylic oxidation sites excluding steroid dienone is 1. The number of piperidine rings is 1. The summed E-state index contributed by atoms with van der Waals surface area (Å²) in [6, 6.07) is 6.22. The van der Waals surface area contributed by atoms with Crippen LogP contribution in [-0.2, 0) is 9.53 Å². The van der Waals surface area contributed by atoms with Crippen molar-refractivity contribution < 1.29 is 13.9 Å². The summed E-state index contributed by atoms with van der Waals surface area (Å²) in [4.78, 5) is 15.0. The highest BCUT2D eigenvalue weighted by Crippen LogP contribution is 2.30. The van der Waals surface area contributed by atoms with E-state index in [1.54, 1.807) is 18.2 Å². The van der Waals surface area contributed by atoms with Gasteiger partial charge in [-0.1, -0.05) is 18.6 Å². The summed E-state index contributed by atoms with van der Waals surface area (Å²) in [5, 5.41) is 3.12. The van der Waals surface area contributed by atoms with Crippen molar-refractivity contribution in [2.75, 3.05) is 32.8 Å². The summed E-state index contributed by atoms with van der Waals surface area (Å²) < 4.78 is 18.6. The van der Waals surface area contributed by atoms with Crippen LogP contribution >= 0.6 is 0 Å². The van der Waals surface area contributed by atoms with Crippen LogP contribution in [0.3, 0.4) is 0 Å². The minimum atomic E-state index is -0.269. The number of nitrogens with zero attached hydrogens (tertiary/aromatic N) is 1. The average molecular weight is 360 g/mol. The zero-order chi connectivity index (χ0) is 18.4. The number of amides is 1. The third-order valence-electron chi connectivity index (χ3n) is 5.69. The lowest BCUT2D eigenvalue weighted by Gasteiger charge is -2.48. The molecule has 2 heterocycles. The van der Waals surface area contributed by atoms with Gasteiger partial charge in [0.15, 0.2) is 0 Å². The minimum Gasteiger partial charge on any atom is -0.381 e. The lowest BCUT2D eigenvalue weighted by Crippen LogP contribution is -2.59. The van der Waals surface area contributed by atoms with Gasteiger partial charge in [-0.05, 0) is 69.0 Å². The molecule has 26 heavy (non-hydrogen) atoms. The van der Waals surface area contributed by atoms with Crippen molar-refractivity contribution in [3.05, 3.63) is 41.7 Å². The molecule has 142 valence electrons. The Morgan fingerprint density at radius 2 is 1.85 bits per heavy atom. The fourth-order valence-electron chi connectivity index (χ4n) is 4.02. The third-order valence-corrected chi connectivity index (χ3v) is 5.69. The Hall–Kier alpha value is -1.72. The van der Waals surface area contributed by atoms with Crippen molar-refractivity contribution in [3.63, 3.8) is 0 Å². The van der Waals surface area contributed by atoms with Gasteiger partial charge in [-0.25, -0.2) is 4.39 Å². The highest BCUT2D eigenvalue weighted by molar-refractivity contribution is 5.94. The van der Waals surface area contributed by atoms with Crippen LogP contribution in [-0.4, -0.2) is 49.2 Å². The Morgan fingerprint density at radius 1 is 1.19 bits per heavy atom. The summed E-state index contributed by atoms with van der Waals surface area (Å²) in [6.45, 7) is 6.28. The number of ether oxygens (including phenoxy) is 1. The predicted molar refractivity (Wildman–Crippen MR) is 101 cm³/mol. The lowest BCUT2D eigenvalue weighted by atomic mass is 9.86.